The first-order chi connectivity index (χ1) is 11.2. The summed E-state index contributed by atoms with van der Waals surface area (Å²) in [4.78, 5) is 20.6. The standard InChI is InChI=1S/C18H26N4O.HI/c1-4-5-8-12-21(3)18(19-2)20-14-17(23)22-13-11-15-9-6-7-10-16(15)22;/h4,6-7,9-10H,1,5,8,11-14H2,2-3H3,(H,19,20);1H. The first-order valence-corrected chi connectivity index (χ1v) is 8.08. The van der Waals surface area contributed by atoms with Gasteiger partial charge in [0.1, 0.15) is 0 Å². The van der Waals surface area contributed by atoms with Gasteiger partial charge in [0.15, 0.2) is 5.96 Å². The van der Waals surface area contributed by atoms with Crippen LogP contribution in [0.4, 0.5) is 5.69 Å². The summed E-state index contributed by atoms with van der Waals surface area (Å²) in [6.07, 6.45) is 4.84. The summed E-state index contributed by atoms with van der Waals surface area (Å²) in [7, 11) is 3.72. The molecule has 0 bridgehead atoms. The molecule has 1 amide bonds. The summed E-state index contributed by atoms with van der Waals surface area (Å²) in [5, 5.41) is 3.16. The summed E-state index contributed by atoms with van der Waals surface area (Å²) < 4.78 is 0. The molecule has 0 radical (unpaired) electrons. The molecule has 24 heavy (non-hydrogen) atoms. The van der Waals surface area contributed by atoms with Crippen LogP contribution in [0, 0.1) is 0 Å². The molecule has 5 nitrogen and oxygen atoms in total. The van der Waals surface area contributed by atoms with Crippen LogP contribution in [-0.4, -0.2) is 50.5 Å². The zero-order valence-corrected chi connectivity index (χ0v) is 16.8. The number of rotatable bonds is 6. The van der Waals surface area contributed by atoms with E-state index in [0.717, 1.165) is 44.0 Å². The highest BCUT2D eigenvalue weighted by Gasteiger charge is 2.24. The number of unbranched alkanes of at least 4 members (excludes halogenated alkanes) is 1. The Hall–Kier alpha value is -1.57. The monoisotopic (exact) mass is 442 g/mol. The second kappa shape index (κ2) is 10.3. The summed E-state index contributed by atoms with van der Waals surface area (Å²) >= 11 is 0. The predicted molar refractivity (Wildman–Crippen MR) is 111 cm³/mol. The molecule has 1 aromatic rings. The van der Waals surface area contributed by atoms with E-state index in [1.54, 1.807) is 7.05 Å². The maximum atomic E-state index is 12.5. The van der Waals surface area contributed by atoms with E-state index in [1.807, 2.05) is 41.1 Å². The van der Waals surface area contributed by atoms with E-state index in [0.29, 0.717) is 0 Å². The van der Waals surface area contributed by atoms with Crippen LogP contribution in [0.15, 0.2) is 41.9 Å². The second-order valence-corrected chi connectivity index (χ2v) is 5.68. The second-order valence-electron chi connectivity index (χ2n) is 5.68. The van der Waals surface area contributed by atoms with Gasteiger partial charge in [-0.05, 0) is 30.9 Å². The number of allylic oxidation sites excluding steroid dienone is 1. The summed E-state index contributed by atoms with van der Waals surface area (Å²) in [6.45, 7) is 5.63. The van der Waals surface area contributed by atoms with E-state index < -0.39 is 0 Å². The highest BCUT2D eigenvalue weighted by atomic mass is 127. The van der Waals surface area contributed by atoms with Crippen LogP contribution in [0.3, 0.4) is 0 Å². The Kier molecular flexibility index (Phi) is 8.81. The molecule has 0 unspecified atom stereocenters. The molecule has 132 valence electrons. The van der Waals surface area contributed by atoms with Crippen LogP contribution >= 0.6 is 24.0 Å². The third-order valence-corrected chi connectivity index (χ3v) is 4.06. The Balaban J connectivity index is 0.00000288. The number of carbonyl (C=O) groups is 1. The first-order valence-electron chi connectivity index (χ1n) is 8.08. The van der Waals surface area contributed by atoms with Gasteiger partial charge >= 0.3 is 0 Å². The van der Waals surface area contributed by atoms with E-state index in [9.17, 15) is 4.79 Å². The van der Waals surface area contributed by atoms with Gasteiger partial charge in [0, 0.05) is 32.9 Å². The number of halogens is 1. The molecule has 1 aliphatic heterocycles. The van der Waals surface area contributed by atoms with Crippen molar-refractivity contribution in [3.05, 3.63) is 42.5 Å². The van der Waals surface area contributed by atoms with E-state index in [1.165, 1.54) is 5.56 Å². The minimum Gasteiger partial charge on any atom is -0.347 e. The van der Waals surface area contributed by atoms with Crippen molar-refractivity contribution in [2.24, 2.45) is 4.99 Å². The first kappa shape index (κ1) is 20.5. The predicted octanol–water partition coefficient (Wildman–Crippen LogP) is 2.67. The summed E-state index contributed by atoms with van der Waals surface area (Å²) in [5.74, 6) is 0.825. The van der Waals surface area contributed by atoms with Crippen LogP contribution in [0.2, 0.25) is 0 Å². The zero-order chi connectivity index (χ0) is 16.7. The zero-order valence-electron chi connectivity index (χ0n) is 14.5. The molecule has 1 heterocycles. The summed E-state index contributed by atoms with van der Waals surface area (Å²) in [6, 6.07) is 8.09. The number of nitrogens with zero attached hydrogens (tertiary/aromatic N) is 3. The largest absolute Gasteiger partial charge is 0.347 e. The minimum absolute atomic E-state index is 0. The molecule has 0 aromatic heterocycles. The molecule has 0 saturated carbocycles. The maximum Gasteiger partial charge on any atom is 0.246 e. The Bertz CT molecular complexity index is 588. The van der Waals surface area contributed by atoms with Crippen LogP contribution in [0.5, 0.6) is 0 Å². The number of anilines is 1. The van der Waals surface area contributed by atoms with Crippen molar-refractivity contribution in [3.8, 4) is 0 Å². The number of amides is 1. The van der Waals surface area contributed by atoms with Gasteiger partial charge in [-0.2, -0.15) is 0 Å². The van der Waals surface area contributed by atoms with Crippen LogP contribution in [-0.2, 0) is 11.2 Å². The number of fused-ring (bicyclic) bond motifs is 1. The lowest BCUT2D eigenvalue weighted by molar-refractivity contribution is -0.117. The molecule has 1 N–H and O–H groups in total. The summed E-state index contributed by atoms with van der Waals surface area (Å²) in [5.41, 5.74) is 2.28. The SMILES string of the molecule is C=CCCCN(C)C(=NC)NCC(=O)N1CCc2ccccc21.I. The molecule has 0 aliphatic carbocycles. The Morgan fingerprint density at radius 2 is 2.21 bits per heavy atom. The topological polar surface area (TPSA) is 47.9 Å². The molecule has 0 saturated heterocycles. The number of aliphatic imine (C=N–C) groups is 1. The van der Waals surface area contributed by atoms with Gasteiger partial charge in [0.25, 0.3) is 0 Å². The Morgan fingerprint density at radius 1 is 1.46 bits per heavy atom. The highest BCUT2D eigenvalue weighted by Crippen LogP contribution is 2.27. The molecule has 1 aliphatic rings. The number of carbonyl (C=O) groups excluding carboxylic acids is 1. The highest BCUT2D eigenvalue weighted by molar-refractivity contribution is 14.0. The van der Waals surface area contributed by atoms with Gasteiger partial charge in [0.2, 0.25) is 5.91 Å². The molecule has 0 atom stereocenters. The lowest BCUT2D eigenvalue weighted by atomic mass is 10.2. The molecule has 0 spiro atoms. The van der Waals surface area contributed by atoms with Gasteiger partial charge < -0.3 is 15.1 Å². The fourth-order valence-corrected chi connectivity index (χ4v) is 2.81. The molecule has 0 fully saturated rings. The van der Waals surface area contributed by atoms with Crippen LogP contribution in [0.25, 0.3) is 0 Å². The maximum absolute atomic E-state index is 12.5. The minimum atomic E-state index is 0. The van der Waals surface area contributed by atoms with Gasteiger partial charge in [-0.1, -0.05) is 24.3 Å². The Morgan fingerprint density at radius 3 is 2.92 bits per heavy atom. The quantitative estimate of drug-likeness (QED) is 0.242. The Labute approximate surface area is 161 Å². The smallest absolute Gasteiger partial charge is 0.246 e. The number of nitrogens with one attached hydrogen (secondary N) is 1. The van der Waals surface area contributed by atoms with Crippen molar-refractivity contribution in [2.45, 2.75) is 19.3 Å². The lowest BCUT2D eigenvalue weighted by Gasteiger charge is -2.23. The van der Waals surface area contributed by atoms with Crippen molar-refractivity contribution in [1.82, 2.24) is 10.2 Å². The number of hydrogen-bond acceptors (Lipinski definition) is 2. The number of hydrogen-bond donors (Lipinski definition) is 1. The van der Waals surface area contributed by atoms with Gasteiger partial charge in [-0.25, -0.2) is 0 Å². The van der Waals surface area contributed by atoms with Crippen molar-refractivity contribution in [1.29, 1.82) is 0 Å². The van der Waals surface area contributed by atoms with Crippen molar-refractivity contribution in [3.63, 3.8) is 0 Å². The van der Waals surface area contributed by atoms with E-state index >= 15 is 0 Å². The van der Waals surface area contributed by atoms with Crippen LogP contribution in [0.1, 0.15) is 18.4 Å². The third-order valence-electron chi connectivity index (χ3n) is 4.06. The van der Waals surface area contributed by atoms with E-state index in [-0.39, 0.29) is 36.4 Å². The van der Waals surface area contributed by atoms with Crippen molar-refractivity contribution in [2.75, 3.05) is 38.6 Å². The molecular weight excluding hydrogens is 415 g/mol. The van der Waals surface area contributed by atoms with Crippen molar-refractivity contribution < 1.29 is 4.79 Å². The molecule has 6 heteroatoms. The molecule has 2 rings (SSSR count). The third kappa shape index (κ3) is 5.22. The number of para-hydroxylation sites is 1. The van der Waals surface area contributed by atoms with E-state index in [2.05, 4.69) is 23.0 Å². The van der Waals surface area contributed by atoms with Crippen LogP contribution < -0.4 is 10.2 Å². The average molecular weight is 442 g/mol. The van der Waals surface area contributed by atoms with E-state index in [4.69, 9.17) is 0 Å². The molecular formula is C18H27IN4O. The fraction of sp³-hybridized carbons (Fsp3) is 0.444. The fourth-order valence-electron chi connectivity index (χ4n) is 2.81. The lowest BCUT2D eigenvalue weighted by Crippen LogP contribution is -2.45. The number of guanidine groups is 1. The number of benzene rings is 1. The molecule has 1 aromatic carbocycles. The normalized spacial score (nSPS) is 13.1. The van der Waals surface area contributed by atoms with Gasteiger partial charge in [0.05, 0.1) is 6.54 Å². The van der Waals surface area contributed by atoms with Gasteiger partial charge in [-0.15, -0.1) is 30.6 Å². The average Bonchev–Trinajstić information content (AvgIpc) is 2.99. The van der Waals surface area contributed by atoms with Crippen molar-refractivity contribution >= 4 is 41.5 Å². The van der Waals surface area contributed by atoms with Gasteiger partial charge in [-0.3, -0.25) is 9.79 Å².